The third kappa shape index (κ3) is 4.07. The topological polar surface area (TPSA) is 66.0 Å². The van der Waals surface area contributed by atoms with Crippen molar-refractivity contribution in [1.82, 2.24) is 25.2 Å². The molecule has 140 valence electrons. The SMILES string of the molecule is CNc1cc(CN(C)Cc2cccc3ncccc23)nc(C2CCCN2)n1. The van der Waals surface area contributed by atoms with Gasteiger partial charge in [0.2, 0.25) is 0 Å². The first-order valence-corrected chi connectivity index (χ1v) is 9.53. The van der Waals surface area contributed by atoms with Crippen LogP contribution in [0.2, 0.25) is 0 Å². The van der Waals surface area contributed by atoms with Gasteiger partial charge in [0.05, 0.1) is 17.3 Å². The molecule has 0 amide bonds. The number of benzene rings is 1. The number of hydrogen-bond donors (Lipinski definition) is 2. The predicted molar refractivity (Wildman–Crippen MR) is 108 cm³/mol. The summed E-state index contributed by atoms with van der Waals surface area (Å²) in [5, 5.41) is 7.87. The van der Waals surface area contributed by atoms with Crippen molar-refractivity contribution in [3.8, 4) is 0 Å². The number of pyridine rings is 1. The van der Waals surface area contributed by atoms with Crippen LogP contribution >= 0.6 is 0 Å². The first kappa shape index (κ1) is 17.8. The van der Waals surface area contributed by atoms with E-state index in [0.29, 0.717) is 0 Å². The third-order valence-corrected chi connectivity index (χ3v) is 5.03. The second kappa shape index (κ2) is 7.98. The van der Waals surface area contributed by atoms with Crippen molar-refractivity contribution in [2.75, 3.05) is 26.0 Å². The molecule has 6 heteroatoms. The number of hydrogen-bond acceptors (Lipinski definition) is 6. The first-order valence-electron chi connectivity index (χ1n) is 9.53. The van der Waals surface area contributed by atoms with Gasteiger partial charge in [-0.05, 0) is 44.1 Å². The number of anilines is 1. The Morgan fingerprint density at radius 2 is 2.11 bits per heavy atom. The van der Waals surface area contributed by atoms with E-state index in [9.17, 15) is 0 Å². The number of rotatable bonds is 6. The van der Waals surface area contributed by atoms with Gasteiger partial charge in [-0.1, -0.05) is 18.2 Å². The van der Waals surface area contributed by atoms with Crippen molar-refractivity contribution in [3.05, 3.63) is 59.7 Å². The van der Waals surface area contributed by atoms with Crippen molar-refractivity contribution >= 4 is 16.7 Å². The van der Waals surface area contributed by atoms with Gasteiger partial charge in [-0.25, -0.2) is 9.97 Å². The fourth-order valence-corrected chi connectivity index (χ4v) is 3.72. The Bertz CT molecular complexity index is 914. The second-order valence-electron chi connectivity index (χ2n) is 7.16. The smallest absolute Gasteiger partial charge is 0.147 e. The van der Waals surface area contributed by atoms with E-state index in [-0.39, 0.29) is 6.04 Å². The molecule has 3 heterocycles. The average Bonchev–Trinajstić information content (AvgIpc) is 3.23. The summed E-state index contributed by atoms with van der Waals surface area (Å²) >= 11 is 0. The third-order valence-electron chi connectivity index (χ3n) is 5.03. The number of fused-ring (bicyclic) bond motifs is 1. The van der Waals surface area contributed by atoms with Crippen LogP contribution in [0.1, 0.15) is 36.0 Å². The summed E-state index contributed by atoms with van der Waals surface area (Å²) in [6.45, 7) is 2.66. The molecule has 0 spiro atoms. The van der Waals surface area contributed by atoms with Crippen molar-refractivity contribution in [3.63, 3.8) is 0 Å². The molecule has 0 radical (unpaired) electrons. The van der Waals surface area contributed by atoms with Crippen molar-refractivity contribution in [2.45, 2.75) is 32.0 Å². The van der Waals surface area contributed by atoms with Crippen LogP contribution in [0.4, 0.5) is 5.82 Å². The molecule has 1 aliphatic rings. The molecule has 1 aromatic carbocycles. The highest BCUT2D eigenvalue weighted by Gasteiger charge is 2.20. The highest BCUT2D eigenvalue weighted by atomic mass is 15.1. The Morgan fingerprint density at radius 1 is 1.19 bits per heavy atom. The van der Waals surface area contributed by atoms with Gasteiger partial charge in [0.15, 0.2) is 0 Å². The summed E-state index contributed by atoms with van der Waals surface area (Å²) in [6.07, 6.45) is 4.13. The van der Waals surface area contributed by atoms with Crippen molar-refractivity contribution < 1.29 is 0 Å². The largest absolute Gasteiger partial charge is 0.373 e. The summed E-state index contributed by atoms with van der Waals surface area (Å²) < 4.78 is 0. The van der Waals surface area contributed by atoms with Gasteiger partial charge >= 0.3 is 0 Å². The zero-order chi connectivity index (χ0) is 18.6. The van der Waals surface area contributed by atoms with E-state index in [1.54, 1.807) is 0 Å². The number of nitrogens with one attached hydrogen (secondary N) is 2. The number of nitrogens with zero attached hydrogens (tertiary/aromatic N) is 4. The molecule has 2 N–H and O–H groups in total. The summed E-state index contributed by atoms with van der Waals surface area (Å²) in [7, 11) is 4.04. The molecule has 0 saturated carbocycles. The van der Waals surface area contributed by atoms with Gasteiger partial charge in [-0.15, -0.1) is 0 Å². The molecule has 1 atom stereocenters. The van der Waals surface area contributed by atoms with Crippen LogP contribution in [-0.2, 0) is 13.1 Å². The average molecular weight is 362 g/mol. The summed E-state index contributed by atoms with van der Waals surface area (Å²) in [5.74, 6) is 1.78. The molecule has 2 aromatic heterocycles. The number of aromatic nitrogens is 3. The molecule has 1 fully saturated rings. The van der Waals surface area contributed by atoms with Crippen LogP contribution in [0.15, 0.2) is 42.6 Å². The Hall–Kier alpha value is -2.57. The van der Waals surface area contributed by atoms with E-state index in [0.717, 1.165) is 48.9 Å². The Labute approximate surface area is 160 Å². The van der Waals surface area contributed by atoms with Crippen molar-refractivity contribution in [1.29, 1.82) is 0 Å². The minimum Gasteiger partial charge on any atom is -0.373 e. The molecule has 0 bridgehead atoms. The fourth-order valence-electron chi connectivity index (χ4n) is 3.72. The molecular formula is C21H26N6. The van der Waals surface area contributed by atoms with Crippen LogP contribution in [0.3, 0.4) is 0 Å². The standard InChI is InChI=1S/C21H26N6/c1-22-20-12-16(25-21(26-20)19-9-5-11-24-19)14-27(2)13-15-6-3-8-18-17(15)7-4-10-23-18/h3-4,6-8,10,12,19,24H,5,9,11,13-14H2,1-2H3,(H,22,25,26). The lowest BCUT2D eigenvalue weighted by Crippen LogP contribution is -2.21. The monoisotopic (exact) mass is 362 g/mol. The lowest BCUT2D eigenvalue weighted by molar-refractivity contribution is 0.315. The van der Waals surface area contributed by atoms with E-state index < -0.39 is 0 Å². The minimum absolute atomic E-state index is 0.270. The van der Waals surface area contributed by atoms with Gasteiger partial charge < -0.3 is 10.6 Å². The molecule has 1 unspecified atom stereocenters. The zero-order valence-corrected chi connectivity index (χ0v) is 15.9. The van der Waals surface area contributed by atoms with Gasteiger partial charge in [0.25, 0.3) is 0 Å². The second-order valence-corrected chi connectivity index (χ2v) is 7.16. The van der Waals surface area contributed by atoms with E-state index in [4.69, 9.17) is 4.98 Å². The molecule has 0 aliphatic carbocycles. The van der Waals surface area contributed by atoms with Gasteiger partial charge in [-0.3, -0.25) is 9.88 Å². The Morgan fingerprint density at radius 3 is 2.93 bits per heavy atom. The molecular weight excluding hydrogens is 336 g/mol. The van der Waals surface area contributed by atoms with Crippen LogP contribution in [-0.4, -0.2) is 40.5 Å². The minimum atomic E-state index is 0.270. The maximum Gasteiger partial charge on any atom is 0.147 e. The van der Waals surface area contributed by atoms with Gasteiger partial charge in [0, 0.05) is 37.8 Å². The predicted octanol–water partition coefficient (Wildman–Crippen LogP) is 3.12. The molecule has 4 rings (SSSR count). The van der Waals surface area contributed by atoms with Crippen LogP contribution in [0.5, 0.6) is 0 Å². The summed E-state index contributed by atoms with van der Waals surface area (Å²) in [6, 6.07) is 12.8. The fraction of sp³-hybridized carbons (Fsp3) is 0.381. The van der Waals surface area contributed by atoms with Crippen LogP contribution in [0, 0.1) is 0 Å². The molecule has 1 aliphatic heterocycles. The lowest BCUT2D eigenvalue weighted by Gasteiger charge is -2.19. The lowest BCUT2D eigenvalue weighted by atomic mass is 10.1. The van der Waals surface area contributed by atoms with E-state index in [1.807, 2.05) is 25.4 Å². The highest BCUT2D eigenvalue weighted by Crippen LogP contribution is 2.23. The first-order chi connectivity index (χ1) is 13.2. The maximum absolute atomic E-state index is 4.84. The van der Waals surface area contributed by atoms with Crippen molar-refractivity contribution in [2.24, 2.45) is 0 Å². The van der Waals surface area contributed by atoms with Gasteiger partial charge in [0.1, 0.15) is 11.6 Å². The van der Waals surface area contributed by atoms with Gasteiger partial charge in [-0.2, -0.15) is 0 Å². The van der Waals surface area contributed by atoms with Crippen LogP contribution < -0.4 is 10.6 Å². The maximum atomic E-state index is 4.84. The Kier molecular flexibility index (Phi) is 5.27. The normalized spacial score (nSPS) is 16.9. The summed E-state index contributed by atoms with van der Waals surface area (Å²) in [5.41, 5.74) is 3.36. The molecule has 6 nitrogen and oxygen atoms in total. The summed E-state index contributed by atoms with van der Waals surface area (Å²) in [4.78, 5) is 16.2. The zero-order valence-electron chi connectivity index (χ0n) is 15.9. The highest BCUT2D eigenvalue weighted by molar-refractivity contribution is 5.81. The molecule has 3 aromatic rings. The quantitative estimate of drug-likeness (QED) is 0.702. The molecule has 1 saturated heterocycles. The molecule has 27 heavy (non-hydrogen) atoms. The van der Waals surface area contributed by atoms with E-state index in [2.05, 4.69) is 56.8 Å². The Balaban J connectivity index is 1.53. The van der Waals surface area contributed by atoms with Crippen LogP contribution in [0.25, 0.3) is 10.9 Å². The van der Waals surface area contributed by atoms with E-state index in [1.165, 1.54) is 17.4 Å². The van der Waals surface area contributed by atoms with E-state index >= 15 is 0 Å².